The van der Waals surface area contributed by atoms with Crippen molar-refractivity contribution in [2.24, 2.45) is 0 Å². The Kier molecular flexibility index (Phi) is 7.41. The van der Waals surface area contributed by atoms with E-state index in [1.54, 1.807) is 25.1 Å². The van der Waals surface area contributed by atoms with Crippen molar-refractivity contribution >= 4 is 17.6 Å². The lowest BCUT2D eigenvalue weighted by Crippen LogP contribution is -2.41. The maximum Gasteiger partial charge on any atom is 0.338 e. The van der Waals surface area contributed by atoms with Crippen LogP contribution in [0.25, 0.3) is 0 Å². The van der Waals surface area contributed by atoms with Crippen molar-refractivity contribution in [3.8, 4) is 0 Å². The number of aryl methyl sites for hydroxylation is 1. The number of amides is 1. The van der Waals surface area contributed by atoms with Gasteiger partial charge in [0.1, 0.15) is 0 Å². The second kappa shape index (κ2) is 9.76. The van der Waals surface area contributed by atoms with Crippen LogP contribution in [0, 0.1) is 0 Å². The molecule has 5 heteroatoms. The highest BCUT2D eigenvalue weighted by molar-refractivity contribution is 5.93. The van der Waals surface area contributed by atoms with Gasteiger partial charge < -0.3 is 15.0 Å². The zero-order valence-corrected chi connectivity index (χ0v) is 16.4. The van der Waals surface area contributed by atoms with Crippen molar-refractivity contribution in [2.45, 2.75) is 38.8 Å². The van der Waals surface area contributed by atoms with Gasteiger partial charge in [-0.2, -0.15) is 0 Å². The number of carbonyl (C=O) groups is 2. The summed E-state index contributed by atoms with van der Waals surface area (Å²) in [6.07, 6.45) is 0.856. The first kappa shape index (κ1) is 20.5. The Balaban J connectivity index is 1.83. The lowest BCUT2D eigenvalue weighted by atomic mass is 10.1. The molecular formula is C22H28N2O3. The van der Waals surface area contributed by atoms with Crippen molar-refractivity contribution in [1.82, 2.24) is 5.32 Å². The fraction of sp³-hybridized carbons (Fsp3) is 0.364. The highest BCUT2D eigenvalue weighted by atomic mass is 16.5. The number of benzene rings is 2. The number of hydrogen-bond acceptors (Lipinski definition) is 4. The van der Waals surface area contributed by atoms with Crippen molar-refractivity contribution in [3.63, 3.8) is 0 Å². The molecule has 144 valence electrons. The first-order chi connectivity index (χ1) is 12.9. The van der Waals surface area contributed by atoms with Crippen molar-refractivity contribution in [2.75, 3.05) is 19.0 Å². The Hall–Kier alpha value is -2.82. The molecule has 2 atom stereocenters. The molecule has 5 nitrogen and oxygen atoms in total. The minimum absolute atomic E-state index is 0.00377. The predicted molar refractivity (Wildman–Crippen MR) is 108 cm³/mol. The van der Waals surface area contributed by atoms with Crippen molar-refractivity contribution in [3.05, 3.63) is 65.7 Å². The van der Waals surface area contributed by atoms with Gasteiger partial charge in [0.2, 0.25) is 0 Å². The molecule has 0 saturated carbocycles. The molecular weight excluding hydrogens is 340 g/mol. The lowest BCUT2D eigenvalue weighted by molar-refractivity contribution is -0.129. The summed E-state index contributed by atoms with van der Waals surface area (Å²) in [5.41, 5.74) is 2.56. The highest BCUT2D eigenvalue weighted by Gasteiger charge is 2.20. The average molecular weight is 368 g/mol. The van der Waals surface area contributed by atoms with E-state index in [-0.39, 0.29) is 11.9 Å². The topological polar surface area (TPSA) is 58.6 Å². The third-order valence-corrected chi connectivity index (χ3v) is 4.35. The standard InChI is InChI=1S/C22H28N2O3/c1-16(13-14-18-9-6-5-7-10-18)23-21(25)17(2)27-22(26)19-11-8-12-20(15-19)24(3)4/h5-12,15-17H,13-14H2,1-4H3,(H,23,25)/t16-,17+/m1/s1. The van der Waals surface area contributed by atoms with E-state index in [0.717, 1.165) is 18.5 Å². The Morgan fingerprint density at radius 1 is 1.04 bits per heavy atom. The molecule has 0 bridgehead atoms. The van der Waals surface area contributed by atoms with Crippen LogP contribution in [0.5, 0.6) is 0 Å². The number of anilines is 1. The summed E-state index contributed by atoms with van der Waals surface area (Å²) < 4.78 is 5.33. The molecule has 0 heterocycles. The summed E-state index contributed by atoms with van der Waals surface area (Å²) in [5.74, 6) is -0.786. The van der Waals surface area contributed by atoms with Crippen molar-refractivity contribution < 1.29 is 14.3 Å². The first-order valence-corrected chi connectivity index (χ1v) is 9.19. The second-order valence-corrected chi connectivity index (χ2v) is 6.93. The van der Waals surface area contributed by atoms with E-state index >= 15 is 0 Å². The van der Waals surface area contributed by atoms with E-state index in [0.29, 0.717) is 5.56 Å². The molecule has 2 rings (SSSR count). The number of hydrogen-bond donors (Lipinski definition) is 1. The van der Waals surface area contributed by atoms with Gasteiger partial charge in [0, 0.05) is 25.8 Å². The molecule has 27 heavy (non-hydrogen) atoms. The summed E-state index contributed by atoms with van der Waals surface area (Å²) in [6, 6.07) is 17.3. The molecule has 1 amide bonds. The van der Waals surface area contributed by atoms with Crippen LogP contribution in [-0.2, 0) is 16.0 Å². The van der Waals surface area contributed by atoms with Crippen LogP contribution in [0.3, 0.4) is 0 Å². The summed E-state index contributed by atoms with van der Waals surface area (Å²) in [4.78, 5) is 26.5. The smallest absolute Gasteiger partial charge is 0.338 e. The van der Waals surface area contributed by atoms with Crippen LogP contribution in [0.4, 0.5) is 5.69 Å². The molecule has 0 fully saturated rings. The maximum atomic E-state index is 12.3. The fourth-order valence-electron chi connectivity index (χ4n) is 2.65. The number of ether oxygens (including phenoxy) is 1. The summed E-state index contributed by atoms with van der Waals surface area (Å²) in [6.45, 7) is 3.54. The lowest BCUT2D eigenvalue weighted by Gasteiger charge is -2.18. The molecule has 0 saturated heterocycles. The van der Waals surface area contributed by atoms with Gasteiger partial charge in [0.15, 0.2) is 6.10 Å². The Labute approximate surface area is 161 Å². The highest BCUT2D eigenvalue weighted by Crippen LogP contribution is 2.15. The SMILES string of the molecule is C[C@H](CCc1ccccc1)NC(=O)[C@H](C)OC(=O)c1cccc(N(C)C)c1. The number of nitrogens with one attached hydrogen (secondary N) is 1. The van der Waals surface area contributed by atoms with Gasteiger partial charge in [-0.1, -0.05) is 36.4 Å². The minimum atomic E-state index is -0.848. The third kappa shape index (κ3) is 6.44. The van der Waals surface area contributed by atoms with E-state index in [1.807, 2.05) is 50.2 Å². The molecule has 1 N–H and O–H groups in total. The number of rotatable bonds is 8. The number of carbonyl (C=O) groups excluding carboxylic acids is 2. The maximum absolute atomic E-state index is 12.3. The van der Waals surface area contributed by atoms with E-state index < -0.39 is 12.1 Å². The van der Waals surface area contributed by atoms with E-state index in [9.17, 15) is 9.59 Å². The number of nitrogens with zero attached hydrogens (tertiary/aromatic N) is 1. The second-order valence-electron chi connectivity index (χ2n) is 6.93. The normalized spacial score (nSPS) is 12.7. The molecule has 2 aromatic carbocycles. The molecule has 0 unspecified atom stereocenters. The predicted octanol–water partition coefficient (Wildman–Crippen LogP) is 3.44. The van der Waals surface area contributed by atoms with E-state index in [2.05, 4.69) is 17.4 Å². The van der Waals surface area contributed by atoms with Gasteiger partial charge in [-0.25, -0.2) is 4.79 Å². The molecule has 0 aliphatic carbocycles. The molecule has 2 aromatic rings. The van der Waals surface area contributed by atoms with Crippen LogP contribution in [0.2, 0.25) is 0 Å². The minimum Gasteiger partial charge on any atom is -0.449 e. The Morgan fingerprint density at radius 3 is 2.41 bits per heavy atom. The van der Waals surface area contributed by atoms with E-state index in [4.69, 9.17) is 4.74 Å². The molecule has 0 aromatic heterocycles. The fourth-order valence-corrected chi connectivity index (χ4v) is 2.65. The third-order valence-electron chi connectivity index (χ3n) is 4.35. The summed E-state index contributed by atoms with van der Waals surface area (Å²) in [5, 5.41) is 2.91. The largest absolute Gasteiger partial charge is 0.449 e. The number of esters is 1. The van der Waals surface area contributed by atoms with Gasteiger partial charge in [0.25, 0.3) is 5.91 Å². The first-order valence-electron chi connectivity index (χ1n) is 9.19. The monoisotopic (exact) mass is 368 g/mol. The van der Waals surface area contributed by atoms with E-state index in [1.165, 1.54) is 5.56 Å². The van der Waals surface area contributed by atoms with Gasteiger partial charge in [-0.05, 0) is 50.5 Å². The van der Waals surface area contributed by atoms with Gasteiger partial charge in [-0.15, -0.1) is 0 Å². The van der Waals surface area contributed by atoms with Gasteiger partial charge in [-0.3, -0.25) is 4.79 Å². The van der Waals surface area contributed by atoms with Gasteiger partial charge >= 0.3 is 5.97 Å². The molecule has 0 aliphatic rings. The molecule has 0 aliphatic heterocycles. The zero-order chi connectivity index (χ0) is 19.8. The van der Waals surface area contributed by atoms with Crippen LogP contribution in [-0.4, -0.2) is 38.1 Å². The Bertz CT molecular complexity index is 759. The van der Waals surface area contributed by atoms with Gasteiger partial charge in [0.05, 0.1) is 5.56 Å². The summed E-state index contributed by atoms with van der Waals surface area (Å²) >= 11 is 0. The molecule has 0 radical (unpaired) electrons. The summed E-state index contributed by atoms with van der Waals surface area (Å²) in [7, 11) is 3.80. The van der Waals surface area contributed by atoms with Crippen LogP contribution in [0.15, 0.2) is 54.6 Å². The van der Waals surface area contributed by atoms with Crippen LogP contribution >= 0.6 is 0 Å². The zero-order valence-electron chi connectivity index (χ0n) is 16.4. The quantitative estimate of drug-likeness (QED) is 0.725. The average Bonchev–Trinajstić information content (AvgIpc) is 2.67. The molecule has 0 spiro atoms. The van der Waals surface area contributed by atoms with Crippen LogP contribution in [0.1, 0.15) is 36.2 Å². The van der Waals surface area contributed by atoms with Crippen LogP contribution < -0.4 is 10.2 Å². The Morgan fingerprint density at radius 2 is 1.74 bits per heavy atom. The van der Waals surface area contributed by atoms with Crippen molar-refractivity contribution in [1.29, 1.82) is 0 Å².